The summed E-state index contributed by atoms with van der Waals surface area (Å²) < 4.78 is 66.4. The minimum absolute atomic E-state index is 0.103. The number of hydrogen-bond donors (Lipinski definition) is 1. The Kier molecular flexibility index (Phi) is 5.31. The van der Waals surface area contributed by atoms with Gasteiger partial charge in [-0.25, -0.2) is 21.6 Å². The van der Waals surface area contributed by atoms with Crippen LogP contribution in [0.2, 0.25) is 0 Å². The number of aromatic nitrogens is 1. The fraction of sp³-hybridized carbons (Fsp3) is 0.421. The van der Waals surface area contributed by atoms with Gasteiger partial charge < -0.3 is 5.11 Å². The van der Waals surface area contributed by atoms with Crippen molar-refractivity contribution in [1.82, 2.24) is 4.98 Å². The van der Waals surface area contributed by atoms with E-state index in [1.54, 1.807) is 6.92 Å². The molecule has 1 fully saturated rings. The molecular weight excluding hydrogens is 379 g/mol. The van der Waals surface area contributed by atoms with Crippen molar-refractivity contribution in [2.24, 2.45) is 5.92 Å². The monoisotopic (exact) mass is 399 g/mol. The Balaban J connectivity index is 1.82. The summed E-state index contributed by atoms with van der Waals surface area (Å²) in [5.74, 6) is -3.10. The number of benzene rings is 1. The van der Waals surface area contributed by atoms with E-state index in [1.807, 2.05) is 0 Å². The molecule has 8 heteroatoms. The molecule has 27 heavy (non-hydrogen) atoms. The minimum atomic E-state index is -3.73. The Bertz CT molecular complexity index is 951. The molecule has 146 valence electrons. The van der Waals surface area contributed by atoms with Gasteiger partial charge in [0.15, 0.2) is 15.7 Å². The lowest BCUT2D eigenvalue weighted by Crippen LogP contribution is -2.32. The first-order valence-electron chi connectivity index (χ1n) is 8.63. The Morgan fingerprint density at radius 3 is 2.41 bits per heavy atom. The molecule has 4 nitrogen and oxygen atoms in total. The van der Waals surface area contributed by atoms with E-state index in [0.29, 0.717) is 31.7 Å². The van der Waals surface area contributed by atoms with E-state index in [9.17, 15) is 26.7 Å². The number of hydrogen-bond acceptors (Lipinski definition) is 4. The lowest BCUT2D eigenvalue weighted by molar-refractivity contribution is 0.0108. The van der Waals surface area contributed by atoms with Gasteiger partial charge in [-0.1, -0.05) is 0 Å². The lowest BCUT2D eigenvalue weighted by atomic mass is 9.81. The van der Waals surface area contributed by atoms with Crippen molar-refractivity contribution in [1.29, 1.82) is 0 Å². The zero-order chi connectivity index (χ0) is 19.8. The van der Waals surface area contributed by atoms with E-state index < -0.39 is 32.9 Å². The molecule has 0 aliphatic heterocycles. The first-order valence-corrected chi connectivity index (χ1v) is 10.3. The Morgan fingerprint density at radius 1 is 1.15 bits per heavy atom. The van der Waals surface area contributed by atoms with Gasteiger partial charge in [-0.15, -0.1) is 0 Å². The van der Waals surface area contributed by atoms with Crippen LogP contribution in [0.15, 0.2) is 35.4 Å². The smallest absolute Gasteiger partial charge is 0.178 e. The molecule has 1 aromatic carbocycles. The summed E-state index contributed by atoms with van der Waals surface area (Å²) in [4.78, 5) is 3.35. The number of aliphatic hydroxyl groups is 1. The molecule has 1 aromatic heterocycles. The second-order valence-electron chi connectivity index (χ2n) is 7.35. The van der Waals surface area contributed by atoms with Crippen LogP contribution < -0.4 is 0 Å². The molecule has 1 aliphatic carbocycles. The number of halogens is 3. The molecule has 1 saturated carbocycles. The zero-order valence-electron chi connectivity index (χ0n) is 14.8. The van der Waals surface area contributed by atoms with Crippen LogP contribution >= 0.6 is 0 Å². The summed E-state index contributed by atoms with van der Waals surface area (Å²) in [7, 11) is -3.73. The standard InChI is InChI=1S/C19H20F3NO3S/c1-19(24)6-4-12(5-7-19)11-27(25,26)14-2-3-15(16(21)9-14)18-17(22)8-13(20)10-23-18/h2-3,8-10,12,24H,4-7,11H2,1H3/t12-,19+. The van der Waals surface area contributed by atoms with Crippen LogP contribution in [-0.4, -0.2) is 29.9 Å². The first-order chi connectivity index (χ1) is 12.6. The number of nitrogens with zero attached hydrogens (tertiary/aromatic N) is 1. The normalized spacial score (nSPS) is 23.4. The van der Waals surface area contributed by atoms with Crippen LogP contribution in [0.25, 0.3) is 11.3 Å². The van der Waals surface area contributed by atoms with Crippen molar-refractivity contribution < 1.29 is 26.7 Å². The van der Waals surface area contributed by atoms with Crippen molar-refractivity contribution >= 4 is 9.84 Å². The van der Waals surface area contributed by atoms with Gasteiger partial charge in [0.2, 0.25) is 0 Å². The summed E-state index contributed by atoms with van der Waals surface area (Å²) in [5, 5.41) is 9.96. The predicted octanol–water partition coefficient (Wildman–Crippen LogP) is 3.88. The highest BCUT2D eigenvalue weighted by Crippen LogP contribution is 2.34. The van der Waals surface area contributed by atoms with Gasteiger partial charge in [0.25, 0.3) is 0 Å². The fourth-order valence-corrected chi connectivity index (χ4v) is 5.07. The van der Waals surface area contributed by atoms with Gasteiger partial charge in [-0.3, -0.25) is 4.98 Å². The van der Waals surface area contributed by atoms with Gasteiger partial charge in [-0.05, 0) is 56.7 Å². The molecule has 0 saturated heterocycles. The van der Waals surface area contributed by atoms with Crippen molar-refractivity contribution in [3.63, 3.8) is 0 Å². The van der Waals surface area contributed by atoms with Gasteiger partial charge >= 0.3 is 0 Å². The summed E-state index contributed by atoms with van der Waals surface area (Å²) in [6, 6.07) is 3.77. The van der Waals surface area contributed by atoms with Crippen LogP contribution in [-0.2, 0) is 9.84 Å². The van der Waals surface area contributed by atoms with Crippen LogP contribution in [0.5, 0.6) is 0 Å². The highest BCUT2D eigenvalue weighted by molar-refractivity contribution is 7.91. The van der Waals surface area contributed by atoms with Gasteiger partial charge in [-0.2, -0.15) is 0 Å². The molecular formula is C19H20F3NO3S. The van der Waals surface area contributed by atoms with E-state index in [1.165, 1.54) is 6.07 Å². The van der Waals surface area contributed by atoms with Gasteiger partial charge in [0, 0.05) is 11.6 Å². The number of sulfone groups is 1. The Morgan fingerprint density at radius 2 is 1.81 bits per heavy atom. The third kappa shape index (κ3) is 4.50. The molecule has 0 radical (unpaired) electrons. The molecule has 2 aromatic rings. The third-order valence-corrected chi connectivity index (χ3v) is 6.88. The van der Waals surface area contributed by atoms with Crippen LogP contribution in [0, 0.1) is 23.4 Å². The van der Waals surface area contributed by atoms with Crippen LogP contribution in [0.3, 0.4) is 0 Å². The van der Waals surface area contributed by atoms with E-state index >= 15 is 0 Å². The highest BCUT2D eigenvalue weighted by atomic mass is 32.2. The molecule has 3 rings (SSSR count). The maximum absolute atomic E-state index is 14.4. The maximum atomic E-state index is 14.4. The SMILES string of the molecule is C[C@]1(O)CC[C@@H](CS(=O)(=O)c2ccc(-c3ncc(F)cc3F)c(F)c2)CC1. The van der Waals surface area contributed by atoms with Gasteiger partial charge in [0.1, 0.15) is 17.3 Å². The van der Waals surface area contributed by atoms with Crippen LogP contribution in [0.1, 0.15) is 32.6 Å². The molecule has 0 bridgehead atoms. The number of rotatable bonds is 4. The molecule has 1 aliphatic rings. The molecule has 0 amide bonds. The maximum Gasteiger partial charge on any atom is 0.178 e. The predicted molar refractivity (Wildman–Crippen MR) is 94.2 cm³/mol. The lowest BCUT2D eigenvalue weighted by Gasteiger charge is -2.32. The van der Waals surface area contributed by atoms with E-state index in [-0.39, 0.29) is 27.8 Å². The van der Waals surface area contributed by atoms with E-state index in [4.69, 9.17) is 0 Å². The average molecular weight is 399 g/mol. The number of pyridine rings is 1. The zero-order valence-corrected chi connectivity index (χ0v) is 15.6. The molecule has 1 N–H and O–H groups in total. The first kappa shape index (κ1) is 19.8. The molecule has 0 spiro atoms. The summed E-state index contributed by atoms with van der Waals surface area (Å²) in [6.07, 6.45) is 2.97. The van der Waals surface area contributed by atoms with Crippen molar-refractivity contribution in [3.8, 4) is 11.3 Å². The molecule has 0 atom stereocenters. The summed E-state index contributed by atoms with van der Waals surface area (Å²) in [6.45, 7) is 1.73. The van der Waals surface area contributed by atoms with Crippen molar-refractivity contribution in [2.45, 2.75) is 43.1 Å². The summed E-state index contributed by atoms with van der Waals surface area (Å²) >= 11 is 0. The quantitative estimate of drug-likeness (QED) is 0.847. The summed E-state index contributed by atoms with van der Waals surface area (Å²) in [5.41, 5.74) is -1.38. The van der Waals surface area contributed by atoms with E-state index in [2.05, 4.69) is 4.98 Å². The second kappa shape index (κ2) is 7.24. The van der Waals surface area contributed by atoms with Crippen molar-refractivity contribution in [3.05, 3.63) is 47.9 Å². The van der Waals surface area contributed by atoms with Crippen LogP contribution in [0.4, 0.5) is 13.2 Å². The largest absolute Gasteiger partial charge is 0.390 e. The van der Waals surface area contributed by atoms with E-state index in [0.717, 1.165) is 18.3 Å². The topological polar surface area (TPSA) is 67.3 Å². The third-order valence-electron chi connectivity index (χ3n) is 5.00. The second-order valence-corrected chi connectivity index (χ2v) is 9.38. The van der Waals surface area contributed by atoms with Crippen molar-refractivity contribution in [2.75, 3.05) is 5.75 Å². The average Bonchev–Trinajstić information content (AvgIpc) is 2.57. The Labute approximate surface area is 156 Å². The molecule has 0 unspecified atom stereocenters. The van der Waals surface area contributed by atoms with Gasteiger partial charge in [0.05, 0.1) is 22.4 Å². The molecule has 1 heterocycles. The Hall–Kier alpha value is -1.93. The highest BCUT2D eigenvalue weighted by Gasteiger charge is 2.31. The fourth-order valence-electron chi connectivity index (χ4n) is 3.37. The minimum Gasteiger partial charge on any atom is -0.390 e.